The van der Waals surface area contributed by atoms with Crippen molar-refractivity contribution < 1.29 is 23.9 Å². The Balaban J connectivity index is 1.32. The molecule has 1 saturated carbocycles. The van der Waals surface area contributed by atoms with Crippen molar-refractivity contribution in [1.82, 2.24) is 15.2 Å². The maximum Gasteiger partial charge on any atom is 0.408 e. The molecule has 43 heavy (non-hydrogen) atoms. The van der Waals surface area contributed by atoms with E-state index in [9.17, 15) is 14.4 Å². The minimum absolute atomic E-state index is 0.0656. The Hall–Kier alpha value is -3.72. The number of hydrogen-bond donors (Lipinski definition) is 1. The number of ether oxygens (including phenoxy) is 2. The van der Waals surface area contributed by atoms with Crippen LogP contribution in [0.5, 0.6) is 5.75 Å². The Labute approximate surface area is 257 Å². The van der Waals surface area contributed by atoms with E-state index in [-0.39, 0.29) is 23.7 Å². The molecule has 1 saturated heterocycles. The van der Waals surface area contributed by atoms with Gasteiger partial charge < -0.3 is 19.7 Å². The van der Waals surface area contributed by atoms with E-state index in [2.05, 4.69) is 5.32 Å². The molecule has 2 heterocycles. The maximum absolute atomic E-state index is 14.1. The van der Waals surface area contributed by atoms with E-state index in [4.69, 9.17) is 14.5 Å². The highest BCUT2D eigenvalue weighted by atomic mass is 32.1. The van der Waals surface area contributed by atoms with Crippen LogP contribution in [0.1, 0.15) is 98.4 Å². The van der Waals surface area contributed by atoms with Crippen molar-refractivity contribution in [3.63, 3.8) is 0 Å². The van der Waals surface area contributed by atoms with Gasteiger partial charge in [-0.15, -0.1) is 11.3 Å². The lowest BCUT2D eigenvalue weighted by atomic mass is 9.83. The molecule has 0 spiro atoms. The third-order valence-electron chi connectivity index (χ3n) is 8.00. The number of alkyl carbamates (subject to hydrolysis) is 1. The largest absolute Gasteiger partial charge is 0.488 e. The van der Waals surface area contributed by atoms with Gasteiger partial charge in [-0.1, -0.05) is 61.7 Å². The average molecular weight is 604 g/mol. The van der Waals surface area contributed by atoms with Crippen molar-refractivity contribution in [1.29, 1.82) is 0 Å². The highest BCUT2D eigenvalue weighted by Crippen LogP contribution is 2.37. The number of hydrogen-bond acceptors (Lipinski definition) is 7. The number of nitrogens with one attached hydrogen (secondary N) is 1. The number of para-hydroxylation sites is 1. The van der Waals surface area contributed by atoms with Crippen LogP contribution < -0.4 is 10.1 Å². The number of carbonyl (C=O) groups is 3. The molecule has 9 heteroatoms. The van der Waals surface area contributed by atoms with Crippen LogP contribution in [0.25, 0.3) is 0 Å². The molecule has 2 aromatic carbocycles. The molecular formula is C34H41N3O5S. The van der Waals surface area contributed by atoms with Gasteiger partial charge in [-0.2, -0.15) is 0 Å². The predicted octanol–water partition coefficient (Wildman–Crippen LogP) is 7.09. The lowest BCUT2D eigenvalue weighted by molar-refractivity contribution is -0.136. The molecule has 2 fully saturated rings. The van der Waals surface area contributed by atoms with Gasteiger partial charge in [0.05, 0.1) is 11.6 Å². The minimum Gasteiger partial charge on any atom is -0.488 e. The fourth-order valence-electron chi connectivity index (χ4n) is 5.95. The number of ketones is 1. The number of amides is 2. The SMILES string of the molecule is CC(C)(C)OC(=O)N[C@H](C(=O)N1CCC[C@H]1c1nc(C(=O)c2ccccc2OCc2ccccc2)cs1)C1CCCCC1. The number of carbonyl (C=O) groups excluding carboxylic acids is 3. The van der Waals surface area contributed by atoms with E-state index in [0.29, 0.717) is 30.2 Å². The van der Waals surface area contributed by atoms with Gasteiger partial charge in [0.1, 0.15) is 34.7 Å². The van der Waals surface area contributed by atoms with Crippen LogP contribution in [0.4, 0.5) is 4.79 Å². The van der Waals surface area contributed by atoms with Crippen LogP contribution >= 0.6 is 11.3 Å². The van der Waals surface area contributed by atoms with Crippen LogP contribution in [0.3, 0.4) is 0 Å². The van der Waals surface area contributed by atoms with Crippen molar-refractivity contribution in [3.8, 4) is 5.75 Å². The van der Waals surface area contributed by atoms with Gasteiger partial charge in [-0.3, -0.25) is 9.59 Å². The molecule has 2 atom stereocenters. The zero-order valence-electron chi connectivity index (χ0n) is 25.2. The van der Waals surface area contributed by atoms with Crippen LogP contribution in [-0.4, -0.2) is 45.9 Å². The average Bonchev–Trinajstić information content (AvgIpc) is 3.69. The summed E-state index contributed by atoms with van der Waals surface area (Å²) >= 11 is 1.40. The van der Waals surface area contributed by atoms with Gasteiger partial charge >= 0.3 is 6.09 Å². The number of rotatable bonds is 9. The number of aromatic nitrogens is 1. The molecule has 0 unspecified atom stereocenters. The van der Waals surface area contributed by atoms with E-state index in [1.807, 2.05) is 68.1 Å². The highest BCUT2D eigenvalue weighted by molar-refractivity contribution is 7.10. The van der Waals surface area contributed by atoms with E-state index in [1.165, 1.54) is 11.3 Å². The van der Waals surface area contributed by atoms with E-state index in [1.54, 1.807) is 17.5 Å². The second-order valence-electron chi connectivity index (χ2n) is 12.4. The van der Waals surface area contributed by atoms with Crippen molar-refractivity contribution >= 4 is 29.1 Å². The summed E-state index contributed by atoms with van der Waals surface area (Å²) < 4.78 is 11.6. The first kappa shape index (κ1) is 30.7. The summed E-state index contributed by atoms with van der Waals surface area (Å²) in [4.78, 5) is 47.1. The summed E-state index contributed by atoms with van der Waals surface area (Å²) in [5, 5.41) is 5.43. The van der Waals surface area contributed by atoms with E-state index in [0.717, 1.165) is 55.5 Å². The van der Waals surface area contributed by atoms with Crippen molar-refractivity contribution in [2.45, 2.75) is 90.0 Å². The number of likely N-dealkylation sites (tertiary alicyclic amines) is 1. The van der Waals surface area contributed by atoms with E-state index >= 15 is 0 Å². The molecule has 1 aromatic heterocycles. The fourth-order valence-corrected chi connectivity index (χ4v) is 6.89. The first-order valence-corrected chi connectivity index (χ1v) is 16.1. The molecule has 3 aromatic rings. The molecule has 228 valence electrons. The Kier molecular flexibility index (Phi) is 9.80. The summed E-state index contributed by atoms with van der Waals surface area (Å²) in [5.74, 6) is 0.264. The Bertz CT molecular complexity index is 1410. The monoisotopic (exact) mass is 603 g/mol. The minimum atomic E-state index is -0.657. The molecular weight excluding hydrogens is 562 g/mol. The van der Waals surface area contributed by atoms with Gasteiger partial charge in [0, 0.05) is 11.9 Å². The van der Waals surface area contributed by atoms with Gasteiger partial charge in [0.25, 0.3) is 0 Å². The molecule has 2 aliphatic rings. The quantitative estimate of drug-likeness (QED) is 0.262. The first-order chi connectivity index (χ1) is 20.7. The topological polar surface area (TPSA) is 97.8 Å². The van der Waals surface area contributed by atoms with Gasteiger partial charge in [-0.05, 0) is 70.1 Å². The summed E-state index contributed by atoms with van der Waals surface area (Å²) in [6.45, 7) is 6.38. The summed E-state index contributed by atoms with van der Waals surface area (Å²) in [5.41, 5.74) is 1.15. The molecule has 0 radical (unpaired) electrons. The van der Waals surface area contributed by atoms with Crippen LogP contribution in [0, 0.1) is 5.92 Å². The summed E-state index contributed by atoms with van der Waals surface area (Å²) in [6, 6.07) is 16.1. The van der Waals surface area contributed by atoms with Crippen LogP contribution in [-0.2, 0) is 16.1 Å². The molecule has 5 rings (SSSR count). The van der Waals surface area contributed by atoms with Gasteiger partial charge in [0.15, 0.2) is 0 Å². The maximum atomic E-state index is 14.1. The molecule has 1 aliphatic carbocycles. The smallest absolute Gasteiger partial charge is 0.408 e. The van der Waals surface area contributed by atoms with E-state index < -0.39 is 17.7 Å². The third-order valence-corrected chi connectivity index (χ3v) is 8.95. The lowest BCUT2D eigenvalue weighted by Crippen LogP contribution is -2.53. The Morgan fingerprint density at radius 2 is 1.70 bits per heavy atom. The molecule has 1 aliphatic heterocycles. The number of benzene rings is 2. The second-order valence-corrected chi connectivity index (χ2v) is 13.3. The first-order valence-electron chi connectivity index (χ1n) is 15.3. The molecule has 0 bridgehead atoms. The van der Waals surface area contributed by atoms with Crippen molar-refractivity contribution in [2.24, 2.45) is 5.92 Å². The zero-order valence-corrected chi connectivity index (χ0v) is 26.0. The third kappa shape index (κ3) is 7.82. The Morgan fingerprint density at radius 1 is 0.977 bits per heavy atom. The molecule has 2 amide bonds. The van der Waals surface area contributed by atoms with Crippen LogP contribution in [0.15, 0.2) is 60.0 Å². The summed E-state index contributed by atoms with van der Waals surface area (Å²) in [7, 11) is 0. The number of thiazole rings is 1. The summed E-state index contributed by atoms with van der Waals surface area (Å²) in [6.07, 6.45) is 6.05. The van der Waals surface area contributed by atoms with Crippen molar-refractivity contribution in [2.75, 3.05) is 6.54 Å². The highest BCUT2D eigenvalue weighted by Gasteiger charge is 2.40. The standard InChI is InChI=1S/C34H41N3O5S/c1-34(2,3)42-33(40)36-29(24-15-8-5-9-16-24)32(39)37-20-12-18-27(37)31-35-26(22-43-31)30(38)25-17-10-11-19-28(25)41-21-23-13-6-4-7-14-23/h4,6-7,10-11,13-14,17,19,22,24,27,29H,5,8-9,12,15-16,18,20-21H2,1-3H3,(H,36,40)/t27-,29-/m0/s1. The van der Waals surface area contributed by atoms with Gasteiger partial charge in [-0.25, -0.2) is 9.78 Å². The zero-order chi connectivity index (χ0) is 30.4. The molecule has 1 N–H and O–H groups in total. The Morgan fingerprint density at radius 3 is 2.44 bits per heavy atom. The molecule has 8 nitrogen and oxygen atoms in total. The number of nitrogens with zero attached hydrogens (tertiary/aromatic N) is 2. The van der Waals surface area contributed by atoms with Crippen LogP contribution in [0.2, 0.25) is 0 Å². The van der Waals surface area contributed by atoms with Crippen molar-refractivity contribution in [3.05, 3.63) is 81.8 Å². The second kappa shape index (κ2) is 13.7. The fraction of sp³-hybridized carbons (Fsp3) is 0.471. The lowest BCUT2D eigenvalue weighted by Gasteiger charge is -2.35. The normalized spacial score (nSPS) is 18.2. The predicted molar refractivity (Wildman–Crippen MR) is 166 cm³/mol. The van der Waals surface area contributed by atoms with Gasteiger partial charge in [0.2, 0.25) is 11.7 Å².